The highest BCUT2D eigenvalue weighted by Crippen LogP contribution is 2.00. The quantitative estimate of drug-likeness (QED) is 0.553. The van der Waals surface area contributed by atoms with Gasteiger partial charge in [-0.05, 0) is 26.8 Å². The van der Waals surface area contributed by atoms with E-state index in [0.717, 1.165) is 12.8 Å². The number of rotatable bonds is 8. The van der Waals surface area contributed by atoms with Crippen molar-refractivity contribution in [2.45, 2.75) is 51.6 Å². The monoisotopic (exact) mass is 229 g/mol. The molecule has 0 aliphatic carbocycles. The average molecular weight is 229 g/mol. The molecule has 0 radical (unpaired) electrons. The van der Waals surface area contributed by atoms with Crippen LogP contribution in [-0.2, 0) is 9.59 Å². The smallest absolute Gasteiger partial charge is 0.237 e. The lowest BCUT2D eigenvalue weighted by molar-refractivity contribution is -0.124. The van der Waals surface area contributed by atoms with Gasteiger partial charge in [0.15, 0.2) is 0 Å². The second kappa shape index (κ2) is 8.10. The summed E-state index contributed by atoms with van der Waals surface area (Å²) in [6.45, 7) is 3.91. The van der Waals surface area contributed by atoms with E-state index >= 15 is 0 Å². The average Bonchev–Trinajstić information content (AvgIpc) is 2.22. The second-order valence-electron chi connectivity index (χ2n) is 4.04. The van der Waals surface area contributed by atoms with Gasteiger partial charge in [-0.15, -0.1) is 0 Å². The molecule has 0 saturated heterocycles. The molecule has 0 aromatic heterocycles. The molecule has 0 saturated carbocycles. The van der Waals surface area contributed by atoms with Gasteiger partial charge in [0.05, 0.1) is 6.04 Å². The van der Waals surface area contributed by atoms with Crippen molar-refractivity contribution in [1.29, 1.82) is 0 Å². The van der Waals surface area contributed by atoms with Crippen molar-refractivity contribution in [2.24, 2.45) is 5.73 Å². The summed E-state index contributed by atoms with van der Waals surface area (Å²) in [5.41, 5.74) is 5.04. The maximum Gasteiger partial charge on any atom is 0.237 e. The number of hydrogen-bond acceptors (Lipinski definition) is 3. The molecule has 0 aliphatic heterocycles. The number of primary amides is 1. The van der Waals surface area contributed by atoms with E-state index in [1.165, 1.54) is 0 Å². The zero-order chi connectivity index (χ0) is 12.6. The van der Waals surface area contributed by atoms with Crippen LogP contribution >= 0.6 is 0 Å². The minimum Gasteiger partial charge on any atom is -0.370 e. The molecular weight excluding hydrogens is 206 g/mol. The van der Waals surface area contributed by atoms with Gasteiger partial charge in [0, 0.05) is 12.5 Å². The molecule has 0 fully saturated rings. The molecule has 0 spiro atoms. The number of nitrogens with one attached hydrogen (secondary N) is 2. The van der Waals surface area contributed by atoms with E-state index < -0.39 is 0 Å². The van der Waals surface area contributed by atoms with Crippen LogP contribution in [0, 0.1) is 0 Å². The highest BCUT2D eigenvalue weighted by atomic mass is 16.2. The zero-order valence-electron chi connectivity index (χ0n) is 10.4. The van der Waals surface area contributed by atoms with Gasteiger partial charge in [0.1, 0.15) is 0 Å². The van der Waals surface area contributed by atoms with E-state index in [9.17, 15) is 9.59 Å². The first kappa shape index (κ1) is 14.9. The summed E-state index contributed by atoms with van der Waals surface area (Å²) in [5, 5.41) is 5.83. The SMILES string of the molecule is CCCC(NC)C(=O)NC(C)CCC(N)=O. The molecule has 5 nitrogen and oxygen atoms in total. The number of amides is 2. The highest BCUT2D eigenvalue weighted by molar-refractivity contribution is 5.82. The zero-order valence-corrected chi connectivity index (χ0v) is 10.4. The van der Waals surface area contributed by atoms with Crippen LogP contribution < -0.4 is 16.4 Å². The normalized spacial score (nSPS) is 14.2. The lowest BCUT2D eigenvalue weighted by atomic mass is 10.1. The lowest BCUT2D eigenvalue weighted by Gasteiger charge is -2.19. The summed E-state index contributed by atoms with van der Waals surface area (Å²) in [7, 11) is 1.77. The Morgan fingerprint density at radius 1 is 1.31 bits per heavy atom. The lowest BCUT2D eigenvalue weighted by Crippen LogP contribution is -2.46. The topological polar surface area (TPSA) is 84.2 Å². The van der Waals surface area contributed by atoms with Crippen LogP contribution in [0.2, 0.25) is 0 Å². The largest absolute Gasteiger partial charge is 0.370 e. The molecule has 0 rings (SSSR count). The van der Waals surface area contributed by atoms with Gasteiger partial charge < -0.3 is 16.4 Å². The van der Waals surface area contributed by atoms with E-state index in [-0.39, 0.29) is 23.9 Å². The minimum absolute atomic E-state index is 0.0127. The number of likely N-dealkylation sites (N-methyl/N-ethyl adjacent to an activating group) is 1. The van der Waals surface area contributed by atoms with Gasteiger partial charge in [0.25, 0.3) is 0 Å². The molecule has 2 amide bonds. The Hall–Kier alpha value is -1.10. The van der Waals surface area contributed by atoms with E-state index in [1.54, 1.807) is 7.05 Å². The third-order valence-corrected chi connectivity index (χ3v) is 2.45. The van der Waals surface area contributed by atoms with Crippen LogP contribution in [0.25, 0.3) is 0 Å². The van der Waals surface area contributed by atoms with Gasteiger partial charge >= 0.3 is 0 Å². The van der Waals surface area contributed by atoms with Crippen molar-refractivity contribution in [3.05, 3.63) is 0 Å². The van der Waals surface area contributed by atoms with Crippen LogP contribution in [-0.4, -0.2) is 30.9 Å². The molecule has 0 aromatic carbocycles. The molecule has 0 bridgehead atoms. The molecule has 2 atom stereocenters. The van der Waals surface area contributed by atoms with E-state index in [1.807, 2.05) is 13.8 Å². The van der Waals surface area contributed by atoms with Gasteiger partial charge in [-0.3, -0.25) is 9.59 Å². The summed E-state index contributed by atoms with van der Waals surface area (Å²) < 4.78 is 0. The number of hydrogen-bond donors (Lipinski definition) is 3. The van der Waals surface area contributed by atoms with Gasteiger partial charge in [-0.1, -0.05) is 13.3 Å². The standard InChI is InChI=1S/C11H23N3O2/c1-4-5-9(13-3)11(16)14-8(2)6-7-10(12)15/h8-9,13H,4-7H2,1-3H3,(H2,12,15)(H,14,16). The van der Waals surface area contributed by atoms with Crippen molar-refractivity contribution < 1.29 is 9.59 Å². The maximum absolute atomic E-state index is 11.7. The van der Waals surface area contributed by atoms with Crippen LogP contribution in [0.1, 0.15) is 39.5 Å². The molecule has 0 heterocycles. The number of carbonyl (C=O) groups excluding carboxylic acids is 2. The minimum atomic E-state index is -0.333. The Balaban J connectivity index is 3.96. The first-order valence-electron chi connectivity index (χ1n) is 5.77. The fourth-order valence-corrected chi connectivity index (χ4v) is 1.47. The fraction of sp³-hybridized carbons (Fsp3) is 0.818. The van der Waals surface area contributed by atoms with Crippen LogP contribution in [0.15, 0.2) is 0 Å². The third kappa shape index (κ3) is 6.40. The molecule has 5 heteroatoms. The molecule has 94 valence electrons. The Kier molecular flexibility index (Phi) is 7.54. The van der Waals surface area contributed by atoms with Crippen molar-refractivity contribution >= 4 is 11.8 Å². The van der Waals surface area contributed by atoms with Crippen molar-refractivity contribution in [1.82, 2.24) is 10.6 Å². The summed E-state index contributed by atoms with van der Waals surface area (Å²) >= 11 is 0. The van der Waals surface area contributed by atoms with Gasteiger partial charge in [-0.2, -0.15) is 0 Å². The Morgan fingerprint density at radius 3 is 2.38 bits per heavy atom. The predicted octanol–water partition coefficient (Wildman–Crippen LogP) is 0.145. The molecule has 0 aliphatic rings. The highest BCUT2D eigenvalue weighted by Gasteiger charge is 2.17. The third-order valence-electron chi connectivity index (χ3n) is 2.45. The second-order valence-corrected chi connectivity index (χ2v) is 4.04. The van der Waals surface area contributed by atoms with Gasteiger partial charge in [0.2, 0.25) is 11.8 Å². The Morgan fingerprint density at radius 2 is 1.94 bits per heavy atom. The fourth-order valence-electron chi connectivity index (χ4n) is 1.47. The first-order chi connectivity index (χ1) is 7.51. The molecule has 0 aromatic rings. The van der Waals surface area contributed by atoms with Crippen LogP contribution in [0.4, 0.5) is 0 Å². The molecule has 16 heavy (non-hydrogen) atoms. The summed E-state index contributed by atoms with van der Waals surface area (Å²) in [5.74, 6) is -0.346. The van der Waals surface area contributed by atoms with Crippen molar-refractivity contribution in [3.63, 3.8) is 0 Å². The Bertz CT molecular complexity index is 231. The number of nitrogens with two attached hydrogens (primary N) is 1. The van der Waals surface area contributed by atoms with Crippen LogP contribution in [0.5, 0.6) is 0 Å². The first-order valence-corrected chi connectivity index (χ1v) is 5.77. The number of carbonyl (C=O) groups is 2. The molecular formula is C11H23N3O2. The summed E-state index contributed by atoms with van der Waals surface area (Å²) in [4.78, 5) is 22.3. The van der Waals surface area contributed by atoms with E-state index in [2.05, 4.69) is 10.6 Å². The molecule has 4 N–H and O–H groups in total. The van der Waals surface area contributed by atoms with Gasteiger partial charge in [-0.25, -0.2) is 0 Å². The van der Waals surface area contributed by atoms with Crippen LogP contribution in [0.3, 0.4) is 0 Å². The van der Waals surface area contributed by atoms with Crippen molar-refractivity contribution in [2.75, 3.05) is 7.05 Å². The summed E-state index contributed by atoms with van der Waals surface area (Å²) in [6.07, 6.45) is 2.66. The van der Waals surface area contributed by atoms with Crippen molar-refractivity contribution in [3.8, 4) is 0 Å². The van der Waals surface area contributed by atoms with E-state index in [0.29, 0.717) is 12.8 Å². The molecule has 2 unspecified atom stereocenters. The maximum atomic E-state index is 11.7. The summed E-state index contributed by atoms with van der Waals surface area (Å²) in [6, 6.07) is -0.172. The predicted molar refractivity (Wildman–Crippen MR) is 63.8 cm³/mol. The Labute approximate surface area is 97.2 Å². The van der Waals surface area contributed by atoms with E-state index in [4.69, 9.17) is 5.73 Å².